The number of hydrogen-bond acceptors (Lipinski definition) is 2. The van der Waals surface area contributed by atoms with Crippen molar-refractivity contribution in [2.45, 2.75) is 45.1 Å². The lowest BCUT2D eigenvalue weighted by Crippen LogP contribution is -2.44. The Bertz CT molecular complexity index is 911. The Labute approximate surface area is 159 Å². The van der Waals surface area contributed by atoms with Crippen molar-refractivity contribution in [3.8, 4) is 0 Å². The van der Waals surface area contributed by atoms with Gasteiger partial charge in [-0.2, -0.15) is 0 Å². The van der Waals surface area contributed by atoms with Crippen LogP contribution in [0.2, 0.25) is 0 Å². The van der Waals surface area contributed by atoms with Crippen LogP contribution in [-0.2, 0) is 4.79 Å². The number of carbonyl (C=O) groups excluding carboxylic acids is 2. The predicted molar refractivity (Wildman–Crippen MR) is 111 cm³/mol. The van der Waals surface area contributed by atoms with Crippen molar-refractivity contribution in [2.24, 2.45) is 5.73 Å². The van der Waals surface area contributed by atoms with Gasteiger partial charge in [0.15, 0.2) is 0 Å². The van der Waals surface area contributed by atoms with E-state index in [9.17, 15) is 9.59 Å². The topological polar surface area (TPSA) is 72.2 Å². The first kappa shape index (κ1) is 18.9. The SMILES string of the molecule is CCCCCC[C@H](NC(=O)c1c2ccccc2cc2ccccc12)C(N)=O. The van der Waals surface area contributed by atoms with Crippen LogP contribution in [0, 0.1) is 0 Å². The van der Waals surface area contributed by atoms with E-state index in [2.05, 4.69) is 18.3 Å². The first-order chi connectivity index (χ1) is 13.1. The zero-order valence-corrected chi connectivity index (χ0v) is 15.7. The zero-order chi connectivity index (χ0) is 19.2. The third-order valence-electron chi connectivity index (χ3n) is 4.99. The Balaban J connectivity index is 1.94. The summed E-state index contributed by atoms with van der Waals surface area (Å²) in [6.45, 7) is 2.14. The highest BCUT2D eigenvalue weighted by Crippen LogP contribution is 2.28. The molecule has 0 unspecified atom stereocenters. The van der Waals surface area contributed by atoms with Crippen LogP contribution in [0.15, 0.2) is 54.6 Å². The van der Waals surface area contributed by atoms with Gasteiger partial charge in [-0.25, -0.2) is 0 Å². The minimum atomic E-state index is -0.646. The van der Waals surface area contributed by atoms with Gasteiger partial charge in [0, 0.05) is 0 Å². The van der Waals surface area contributed by atoms with Gasteiger partial charge in [-0.3, -0.25) is 9.59 Å². The van der Waals surface area contributed by atoms with Crippen LogP contribution in [0.1, 0.15) is 49.4 Å². The predicted octanol–water partition coefficient (Wildman–Crippen LogP) is 4.55. The fourth-order valence-electron chi connectivity index (χ4n) is 3.55. The zero-order valence-electron chi connectivity index (χ0n) is 15.7. The molecule has 3 N–H and O–H groups in total. The standard InChI is InChI=1S/C23H26N2O2/c1-2-3-4-5-14-20(22(24)26)25-23(27)21-18-12-8-6-10-16(18)15-17-11-7-9-13-19(17)21/h6-13,15,20H,2-5,14H2,1H3,(H2,24,26)(H,25,27)/t20-/m0/s1. The van der Waals surface area contributed by atoms with Crippen LogP contribution in [0.4, 0.5) is 0 Å². The maximum absolute atomic E-state index is 13.2. The molecular formula is C23H26N2O2. The lowest BCUT2D eigenvalue weighted by atomic mass is 9.96. The van der Waals surface area contributed by atoms with Crippen molar-refractivity contribution < 1.29 is 9.59 Å². The summed E-state index contributed by atoms with van der Waals surface area (Å²) in [5.41, 5.74) is 6.15. The molecule has 140 valence electrons. The van der Waals surface area contributed by atoms with E-state index in [0.717, 1.165) is 47.2 Å². The summed E-state index contributed by atoms with van der Waals surface area (Å²) < 4.78 is 0. The van der Waals surface area contributed by atoms with Gasteiger partial charge in [0.2, 0.25) is 5.91 Å². The van der Waals surface area contributed by atoms with Crippen LogP contribution < -0.4 is 11.1 Å². The number of unbranched alkanes of at least 4 members (excludes halogenated alkanes) is 3. The van der Waals surface area contributed by atoms with Crippen molar-refractivity contribution in [1.82, 2.24) is 5.32 Å². The Morgan fingerprint density at radius 1 is 0.926 bits per heavy atom. The van der Waals surface area contributed by atoms with Crippen molar-refractivity contribution in [1.29, 1.82) is 0 Å². The molecule has 3 aromatic rings. The highest BCUT2D eigenvalue weighted by molar-refractivity contribution is 6.18. The highest BCUT2D eigenvalue weighted by atomic mass is 16.2. The third kappa shape index (κ3) is 4.27. The second-order valence-electron chi connectivity index (χ2n) is 6.97. The summed E-state index contributed by atoms with van der Waals surface area (Å²) in [5, 5.41) is 6.64. The molecule has 0 heterocycles. The molecule has 0 aliphatic carbocycles. The number of primary amides is 1. The van der Waals surface area contributed by atoms with Gasteiger partial charge in [0.25, 0.3) is 5.91 Å². The minimum Gasteiger partial charge on any atom is -0.368 e. The molecule has 3 aromatic carbocycles. The fraction of sp³-hybridized carbons (Fsp3) is 0.304. The lowest BCUT2D eigenvalue weighted by Gasteiger charge is -2.17. The maximum Gasteiger partial charge on any atom is 0.253 e. The quantitative estimate of drug-likeness (QED) is 0.456. The molecule has 4 nitrogen and oxygen atoms in total. The van der Waals surface area contributed by atoms with Crippen molar-refractivity contribution in [2.75, 3.05) is 0 Å². The van der Waals surface area contributed by atoms with Gasteiger partial charge in [-0.05, 0) is 34.0 Å². The van der Waals surface area contributed by atoms with E-state index >= 15 is 0 Å². The molecule has 0 aromatic heterocycles. The minimum absolute atomic E-state index is 0.248. The largest absolute Gasteiger partial charge is 0.368 e. The van der Waals surface area contributed by atoms with Gasteiger partial charge in [-0.15, -0.1) is 0 Å². The summed E-state index contributed by atoms with van der Waals surface area (Å²) in [4.78, 5) is 25.0. The van der Waals surface area contributed by atoms with E-state index in [-0.39, 0.29) is 5.91 Å². The number of benzene rings is 3. The lowest BCUT2D eigenvalue weighted by molar-refractivity contribution is -0.120. The normalized spacial score (nSPS) is 12.2. The average molecular weight is 362 g/mol. The van der Waals surface area contributed by atoms with Gasteiger partial charge < -0.3 is 11.1 Å². The first-order valence-corrected chi connectivity index (χ1v) is 9.62. The van der Waals surface area contributed by atoms with Gasteiger partial charge in [-0.1, -0.05) is 81.1 Å². The molecular weight excluding hydrogens is 336 g/mol. The van der Waals surface area contributed by atoms with Crippen LogP contribution in [0.3, 0.4) is 0 Å². The van der Waals surface area contributed by atoms with Crippen LogP contribution >= 0.6 is 0 Å². The number of amides is 2. The van der Waals surface area contributed by atoms with Crippen LogP contribution in [-0.4, -0.2) is 17.9 Å². The second kappa shape index (κ2) is 8.67. The van der Waals surface area contributed by atoms with Gasteiger partial charge in [0.1, 0.15) is 6.04 Å². The molecule has 4 heteroatoms. The molecule has 0 aliphatic rings. The number of nitrogens with one attached hydrogen (secondary N) is 1. The Morgan fingerprint density at radius 3 is 2.07 bits per heavy atom. The molecule has 2 amide bonds. The van der Waals surface area contributed by atoms with E-state index in [0.29, 0.717) is 12.0 Å². The fourth-order valence-corrected chi connectivity index (χ4v) is 3.55. The van der Waals surface area contributed by atoms with E-state index in [1.54, 1.807) is 0 Å². The molecule has 0 spiro atoms. The molecule has 1 atom stereocenters. The molecule has 0 aliphatic heterocycles. The number of carbonyl (C=O) groups is 2. The average Bonchev–Trinajstić information content (AvgIpc) is 2.68. The summed E-state index contributed by atoms with van der Waals surface area (Å²) in [6.07, 6.45) is 4.72. The number of rotatable bonds is 8. The summed E-state index contributed by atoms with van der Waals surface area (Å²) in [6, 6.07) is 17.1. The molecule has 0 fully saturated rings. The summed E-state index contributed by atoms with van der Waals surface area (Å²) in [5.74, 6) is -0.730. The molecule has 27 heavy (non-hydrogen) atoms. The molecule has 3 rings (SSSR count). The smallest absolute Gasteiger partial charge is 0.253 e. The third-order valence-corrected chi connectivity index (χ3v) is 4.99. The van der Waals surface area contributed by atoms with Crippen LogP contribution in [0.25, 0.3) is 21.5 Å². The second-order valence-corrected chi connectivity index (χ2v) is 6.97. The number of fused-ring (bicyclic) bond motifs is 2. The molecule has 0 saturated heterocycles. The van der Waals surface area contributed by atoms with E-state index in [1.807, 2.05) is 48.5 Å². The Kier molecular flexibility index (Phi) is 6.07. The Hall–Kier alpha value is -2.88. The van der Waals surface area contributed by atoms with Gasteiger partial charge >= 0.3 is 0 Å². The summed E-state index contributed by atoms with van der Waals surface area (Å²) >= 11 is 0. The van der Waals surface area contributed by atoms with E-state index < -0.39 is 11.9 Å². The maximum atomic E-state index is 13.2. The van der Waals surface area contributed by atoms with Crippen molar-refractivity contribution >= 4 is 33.4 Å². The monoisotopic (exact) mass is 362 g/mol. The Morgan fingerprint density at radius 2 is 1.52 bits per heavy atom. The highest BCUT2D eigenvalue weighted by Gasteiger charge is 2.21. The van der Waals surface area contributed by atoms with E-state index in [4.69, 9.17) is 5.73 Å². The summed E-state index contributed by atoms with van der Waals surface area (Å²) in [7, 11) is 0. The molecule has 0 bridgehead atoms. The van der Waals surface area contributed by atoms with Crippen molar-refractivity contribution in [3.05, 3.63) is 60.2 Å². The molecule has 0 saturated carbocycles. The first-order valence-electron chi connectivity index (χ1n) is 9.62. The number of nitrogens with two attached hydrogens (primary N) is 1. The number of hydrogen-bond donors (Lipinski definition) is 2. The van der Waals surface area contributed by atoms with Crippen LogP contribution in [0.5, 0.6) is 0 Å². The molecule has 0 radical (unpaired) electrons. The van der Waals surface area contributed by atoms with Gasteiger partial charge in [0.05, 0.1) is 5.56 Å². The van der Waals surface area contributed by atoms with E-state index in [1.165, 1.54) is 0 Å². The van der Waals surface area contributed by atoms with Crippen molar-refractivity contribution in [3.63, 3.8) is 0 Å².